The van der Waals surface area contributed by atoms with E-state index in [0.29, 0.717) is 24.5 Å². The van der Waals surface area contributed by atoms with Crippen LogP contribution in [-0.4, -0.2) is 32.4 Å². The summed E-state index contributed by atoms with van der Waals surface area (Å²) in [6.07, 6.45) is 0.820. The van der Waals surface area contributed by atoms with E-state index in [2.05, 4.69) is 6.92 Å². The van der Waals surface area contributed by atoms with E-state index >= 15 is 0 Å². The molecule has 0 bridgehead atoms. The van der Waals surface area contributed by atoms with Crippen molar-refractivity contribution in [3.8, 4) is 0 Å². The van der Waals surface area contributed by atoms with Crippen LogP contribution in [0.1, 0.15) is 39.7 Å². The Balaban J connectivity index is 0.00000242. The molecule has 1 aromatic carbocycles. The first kappa shape index (κ1) is 19.4. The smallest absolute Gasteiger partial charge is 0.243 e. The Hall–Kier alpha value is -0.620. The van der Waals surface area contributed by atoms with Crippen molar-refractivity contribution < 1.29 is 8.42 Å². The number of rotatable bonds is 3. The standard InChI is InChI=1S/C16H26N2O2S.ClH/c1-15(2,3)13-7-5-6-8-14(13)21(19,20)18-10-9-16(4,11-17)12-18;/h5-8H,9-12,17H2,1-4H3;1H. The van der Waals surface area contributed by atoms with Gasteiger partial charge in [0.2, 0.25) is 10.0 Å². The zero-order valence-corrected chi connectivity index (χ0v) is 15.4. The SMILES string of the molecule is CC1(CN)CCN(S(=O)(=O)c2ccccc2C(C)(C)C)C1.Cl. The van der Waals surface area contributed by atoms with Crippen LogP contribution < -0.4 is 5.73 Å². The van der Waals surface area contributed by atoms with E-state index < -0.39 is 10.0 Å². The third-order valence-corrected chi connectivity index (χ3v) is 6.23. The molecule has 1 unspecified atom stereocenters. The molecule has 22 heavy (non-hydrogen) atoms. The van der Waals surface area contributed by atoms with Crippen LogP contribution in [0.15, 0.2) is 29.2 Å². The normalized spacial score (nSPS) is 23.3. The van der Waals surface area contributed by atoms with Crippen LogP contribution in [0, 0.1) is 5.41 Å². The molecule has 0 saturated carbocycles. The molecule has 1 aliphatic rings. The van der Waals surface area contributed by atoms with Crippen molar-refractivity contribution in [2.45, 2.75) is 44.4 Å². The quantitative estimate of drug-likeness (QED) is 0.915. The third-order valence-electron chi connectivity index (χ3n) is 4.33. The molecule has 1 aliphatic heterocycles. The molecule has 0 aromatic heterocycles. The van der Waals surface area contributed by atoms with E-state index in [9.17, 15) is 8.42 Å². The first-order valence-corrected chi connectivity index (χ1v) is 8.84. The Morgan fingerprint density at radius 1 is 1.27 bits per heavy atom. The van der Waals surface area contributed by atoms with Gasteiger partial charge < -0.3 is 5.73 Å². The van der Waals surface area contributed by atoms with Gasteiger partial charge in [-0.1, -0.05) is 45.9 Å². The van der Waals surface area contributed by atoms with Crippen molar-refractivity contribution in [1.29, 1.82) is 0 Å². The second-order valence-electron chi connectivity index (χ2n) is 7.35. The summed E-state index contributed by atoms with van der Waals surface area (Å²) in [7, 11) is -3.46. The number of hydrogen-bond donors (Lipinski definition) is 1. The van der Waals surface area contributed by atoms with E-state index in [4.69, 9.17) is 5.73 Å². The van der Waals surface area contributed by atoms with E-state index in [1.54, 1.807) is 16.4 Å². The average Bonchev–Trinajstić information content (AvgIpc) is 2.82. The topological polar surface area (TPSA) is 63.4 Å². The fourth-order valence-corrected chi connectivity index (χ4v) is 4.79. The van der Waals surface area contributed by atoms with Gasteiger partial charge in [-0.05, 0) is 35.4 Å². The fourth-order valence-electron chi connectivity index (χ4n) is 2.80. The highest BCUT2D eigenvalue weighted by molar-refractivity contribution is 7.89. The number of nitrogens with two attached hydrogens (primary N) is 1. The Kier molecular flexibility index (Phi) is 5.72. The molecule has 0 aliphatic carbocycles. The maximum absolute atomic E-state index is 13.0. The lowest BCUT2D eigenvalue weighted by atomic mass is 9.87. The van der Waals surface area contributed by atoms with Crippen molar-refractivity contribution in [2.75, 3.05) is 19.6 Å². The number of sulfonamides is 1. The third kappa shape index (κ3) is 3.65. The molecule has 6 heteroatoms. The van der Waals surface area contributed by atoms with Crippen LogP contribution in [0.25, 0.3) is 0 Å². The van der Waals surface area contributed by atoms with E-state index in [1.807, 2.05) is 32.9 Å². The Morgan fingerprint density at radius 3 is 2.36 bits per heavy atom. The number of halogens is 1. The lowest BCUT2D eigenvalue weighted by molar-refractivity contribution is 0.349. The summed E-state index contributed by atoms with van der Waals surface area (Å²) in [5, 5.41) is 0. The van der Waals surface area contributed by atoms with Gasteiger partial charge in [0.15, 0.2) is 0 Å². The van der Waals surface area contributed by atoms with Crippen molar-refractivity contribution in [3.05, 3.63) is 29.8 Å². The summed E-state index contributed by atoms with van der Waals surface area (Å²) in [5.41, 5.74) is 6.34. The molecular weight excluding hydrogens is 320 g/mol. The predicted molar refractivity (Wildman–Crippen MR) is 92.9 cm³/mol. The Labute approximate surface area is 140 Å². The largest absolute Gasteiger partial charge is 0.330 e. The van der Waals surface area contributed by atoms with Crippen LogP contribution in [-0.2, 0) is 15.4 Å². The predicted octanol–water partition coefficient (Wildman–Crippen LogP) is 2.77. The molecule has 1 heterocycles. The zero-order chi connectivity index (χ0) is 15.9. The summed E-state index contributed by atoms with van der Waals surface area (Å²) in [4.78, 5) is 0.429. The molecule has 0 amide bonds. The lowest BCUT2D eigenvalue weighted by Gasteiger charge is -2.26. The van der Waals surface area contributed by atoms with Crippen LogP contribution >= 0.6 is 12.4 Å². The van der Waals surface area contributed by atoms with Gasteiger partial charge in [-0.25, -0.2) is 8.42 Å². The van der Waals surface area contributed by atoms with Crippen molar-refractivity contribution in [2.24, 2.45) is 11.1 Å². The summed E-state index contributed by atoms with van der Waals surface area (Å²) < 4.78 is 27.6. The highest BCUT2D eigenvalue weighted by Gasteiger charge is 2.40. The van der Waals surface area contributed by atoms with Gasteiger partial charge in [-0.15, -0.1) is 12.4 Å². The molecule has 0 radical (unpaired) electrons. The molecular formula is C16H27ClN2O2S. The summed E-state index contributed by atoms with van der Waals surface area (Å²) in [6.45, 7) is 9.73. The van der Waals surface area contributed by atoms with Crippen LogP contribution in [0.2, 0.25) is 0 Å². The van der Waals surface area contributed by atoms with E-state index in [1.165, 1.54) is 0 Å². The maximum atomic E-state index is 13.0. The van der Waals surface area contributed by atoms with E-state index in [-0.39, 0.29) is 23.2 Å². The van der Waals surface area contributed by atoms with Crippen LogP contribution in [0.5, 0.6) is 0 Å². The Bertz CT molecular complexity index is 625. The fraction of sp³-hybridized carbons (Fsp3) is 0.625. The van der Waals surface area contributed by atoms with Gasteiger partial charge in [0.05, 0.1) is 4.90 Å². The zero-order valence-electron chi connectivity index (χ0n) is 13.8. The van der Waals surface area contributed by atoms with Gasteiger partial charge in [-0.2, -0.15) is 4.31 Å². The lowest BCUT2D eigenvalue weighted by Crippen LogP contribution is -2.35. The highest BCUT2D eigenvalue weighted by Crippen LogP contribution is 2.35. The second-order valence-corrected chi connectivity index (χ2v) is 9.26. The molecule has 1 aromatic rings. The van der Waals surface area contributed by atoms with Gasteiger partial charge in [-0.3, -0.25) is 0 Å². The van der Waals surface area contributed by atoms with Crippen molar-refractivity contribution in [1.82, 2.24) is 4.31 Å². The van der Waals surface area contributed by atoms with Gasteiger partial charge in [0.1, 0.15) is 0 Å². The van der Waals surface area contributed by atoms with Crippen molar-refractivity contribution in [3.63, 3.8) is 0 Å². The molecule has 126 valence electrons. The van der Waals surface area contributed by atoms with Gasteiger partial charge >= 0.3 is 0 Å². The van der Waals surface area contributed by atoms with Gasteiger partial charge in [0.25, 0.3) is 0 Å². The summed E-state index contributed by atoms with van der Waals surface area (Å²) in [6, 6.07) is 7.31. The minimum Gasteiger partial charge on any atom is -0.330 e. The minimum absolute atomic E-state index is 0. The van der Waals surface area contributed by atoms with Crippen molar-refractivity contribution >= 4 is 22.4 Å². The van der Waals surface area contributed by atoms with Crippen LogP contribution in [0.3, 0.4) is 0 Å². The summed E-state index contributed by atoms with van der Waals surface area (Å²) >= 11 is 0. The highest BCUT2D eigenvalue weighted by atomic mass is 35.5. The molecule has 0 spiro atoms. The summed E-state index contributed by atoms with van der Waals surface area (Å²) in [5.74, 6) is 0. The first-order valence-electron chi connectivity index (χ1n) is 7.40. The number of benzene rings is 1. The first-order chi connectivity index (χ1) is 9.60. The molecule has 4 nitrogen and oxygen atoms in total. The van der Waals surface area contributed by atoms with E-state index in [0.717, 1.165) is 12.0 Å². The molecule has 2 rings (SSSR count). The maximum Gasteiger partial charge on any atom is 0.243 e. The Morgan fingerprint density at radius 2 is 1.86 bits per heavy atom. The van der Waals surface area contributed by atoms with Gasteiger partial charge in [0, 0.05) is 13.1 Å². The molecule has 1 saturated heterocycles. The molecule has 2 N–H and O–H groups in total. The number of hydrogen-bond acceptors (Lipinski definition) is 3. The molecule has 1 atom stereocenters. The number of nitrogens with zero attached hydrogens (tertiary/aromatic N) is 1. The monoisotopic (exact) mass is 346 g/mol. The molecule has 1 fully saturated rings. The van der Waals surface area contributed by atoms with Crippen LogP contribution in [0.4, 0.5) is 0 Å². The minimum atomic E-state index is -3.46. The second kappa shape index (κ2) is 6.48. The average molecular weight is 347 g/mol.